The normalized spacial score (nSPS) is 11.3. The van der Waals surface area contributed by atoms with E-state index in [-0.39, 0.29) is 23.7 Å². The van der Waals surface area contributed by atoms with E-state index in [1.54, 1.807) is 31.4 Å². The van der Waals surface area contributed by atoms with E-state index in [0.717, 1.165) is 10.2 Å². The largest absolute Gasteiger partial charge is 0.497 e. The Bertz CT molecular complexity index is 848. The van der Waals surface area contributed by atoms with Crippen LogP contribution in [0.5, 0.6) is 11.5 Å². The van der Waals surface area contributed by atoms with Gasteiger partial charge in [-0.2, -0.15) is 0 Å². The van der Waals surface area contributed by atoms with Gasteiger partial charge < -0.3 is 14.2 Å². The molecule has 8 nitrogen and oxygen atoms in total. The monoisotopic (exact) mass is 395 g/mol. The number of methoxy groups -OCH3 is 1. The summed E-state index contributed by atoms with van der Waals surface area (Å²) in [5.74, 6) is 0.775. The Morgan fingerprint density at radius 3 is 2.07 bits per heavy atom. The molecule has 2 aromatic carbocycles. The molecular formula is C18H21NO7S. The number of hydroxylamine groups is 1. The van der Waals surface area contributed by atoms with Crippen LogP contribution in [0.1, 0.15) is 10.4 Å². The number of hydrogen-bond donors (Lipinski definition) is 0. The topological polar surface area (TPSA) is 91.4 Å². The SMILES string of the molecule is COc1ccc(OCCOC(=O)c2ccc(S(=O)(=O)N(C)OC)cc2)cc1. The van der Waals surface area contributed by atoms with E-state index < -0.39 is 16.0 Å². The summed E-state index contributed by atoms with van der Waals surface area (Å²) in [5.41, 5.74) is 0.235. The lowest BCUT2D eigenvalue weighted by atomic mass is 10.2. The molecular weight excluding hydrogens is 374 g/mol. The van der Waals surface area contributed by atoms with Gasteiger partial charge in [-0.25, -0.2) is 13.2 Å². The van der Waals surface area contributed by atoms with Gasteiger partial charge in [-0.1, -0.05) is 4.47 Å². The minimum atomic E-state index is -3.76. The van der Waals surface area contributed by atoms with Gasteiger partial charge in [0.05, 0.1) is 24.7 Å². The van der Waals surface area contributed by atoms with Crippen molar-refractivity contribution in [1.82, 2.24) is 4.47 Å². The first-order valence-corrected chi connectivity index (χ1v) is 9.39. The maximum atomic E-state index is 12.1. The average molecular weight is 395 g/mol. The first kappa shape index (κ1) is 20.7. The van der Waals surface area contributed by atoms with Crippen molar-refractivity contribution in [3.05, 3.63) is 54.1 Å². The lowest BCUT2D eigenvalue weighted by Crippen LogP contribution is -2.25. The summed E-state index contributed by atoms with van der Waals surface area (Å²) in [6.07, 6.45) is 0. The van der Waals surface area contributed by atoms with Crippen LogP contribution in [-0.2, 0) is 19.6 Å². The molecule has 0 aliphatic carbocycles. The Labute approximate surface area is 158 Å². The summed E-state index contributed by atoms with van der Waals surface area (Å²) in [6.45, 7) is 0.237. The fourth-order valence-electron chi connectivity index (χ4n) is 2.06. The molecule has 0 atom stereocenters. The van der Waals surface area contributed by atoms with Crippen LogP contribution in [-0.4, -0.2) is 53.3 Å². The van der Waals surface area contributed by atoms with Gasteiger partial charge >= 0.3 is 5.97 Å². The number of carbonyl (C=O) groups is 1. The summed E-state index contributed by atoms with van der Waals surface area (Å²) < 4.78 is 40.5. The highest BCUT2D eigenvalue weighted by molar-refractivity contribution is 7.89. The molecule has 0 heterocycles. The first-order chi connectivity index (χ1) is 12.9. The van der Waals surface area contributed by atoms with Crippen LogP contribution in [0, 0.1) is 0 Å². The number of carbonyl (C=O) groups excluding carboxylic acids is 1. The molecule has 2 aromatic rings. The third-order valence-electron chi connectivity index (χ3n) is 3.63. The van der Waals surface area contributed by atoms with Crippen LogP contribution in [0.2, 0.25) is 0 Å². The summed E-state index contributed by atoms with van der Waals surface area (Å²) in [7, 11) is 0.344. The highest BCUT2D eigenvalue weighted by atomic mass is 32.2. The van der Waals surface area contributed by atoms with Crippen molar-refractivity contribution in [3.63, 3.8) is 0 Å². The zero-order valence-electron chi connectivity index (χ0n) is 15.2. The molecule has 0 spiro atoms. The van der Waals surface area contributed by atoms with Gasteiger partial charge in [-0.15, -0.1) is 0 Å². The molecule has 27 heavy (non-hydrogen) atoms. The Morgan fingerprint density at radius 1 is 0.926 bits per heavy atom. The first-order valence-electron chi connectivity index (χ1n) is 7.95. The number of sulfonamides is 1. The highest BCUT2D eigenvalue weighted by Crippen LogP contribution is 2.17. The zero-order chi connectivity index (χ0) is 19.9. The van der Waals surface area contributed by atoms with E-state index in [9.17, 15) is 13.2 Å². The molecule has 9 heteroatoms. The van der Waals surface area contributed by atoms with Crippen molar-refractivity contribution in [2.45, 2.75) is 4.90 Å². The van der Waals surface area contributed by atoms with Gasteiger partial charge in [0, 0.05) is 7.05 Å². The maximum Gasteiger partial charge on any atom is 0.338 e. The van der Waals surface area contributed by atoms with Gasteiger partial charge in [-0.05, 0) is 48.5 Å². The number of benzene rings is 2. The van der Waals surface area contributed by atoms with Crippen LogP contribution in [0.3, 0.4) is 0 Å². The van der Waals surface area contributed by atoms with Crippen LogP contribution < -0.4 is 9.47 Å². The standard InChI is InChI=1S/C18H21NO7S/c1-19(24-3)27(21,22)17-10-4-14(5-11-17)18(20)26-13-12-25-16-8-6-15(23-2)7-9-16/h4-11H,12-13H2,1-3H3. The van der Waals surface area contributed by atoms with Crippen LogP contribution in [0.25, 0.3) is 0 Å². The maximum absolute atomic E-state index is 12.1. The fraction of sp³-hybridized carbons (Fsp3) is 0.278. The van der Waals surface area contributed by atoms with E-state index in [2.05, 4.69) is 0 Å². The average Bonchev–Trinajstić information content (AvgIpc) is 2.70. The molecule has 0 radical (unpaired) electrons. The van der Waals surface area contributed by atoms with E-state index in [1.165, 1.54) is 38.4 Å². The van der Waals surface area contributed by atoms with E-state index >= 15 is 0 Å². The van der Waals surface area contributed by atoms with Crippen LogP contribution in [0.4, 0.5) is 0 Å². The molecule has 0 N–H and O–H groups in total. The minimum Gasteiger partial charge on any atom is -0.497 e. The lowest BCUT2D eigenvalue weighted by molar-refractivity contribution is -0.0258. The Kier molecular flexibility index (Phi) is 7.17. The second-order valence-corrected chi connectivity index (χ2v) is 7.22. The lowest BCUT2D eigenvalue weighted by Gasteiger charge is -2.14. The van der Waals surface area contributed by atoms with E-state index in [1.807, 2.05) is 0 Å². The van der Waals surface area contributed by atoms with Crippen molar-refractivity contribution in [2.24, 2.45) is 0 Å². The van der Waals surface area contributed by atoms with Crippen molar-refractivity contribution >= 4 is 16.0 Å². The summed E-state index contributed by atoms with van der Waals surface area (Å²) in [6, 6.07) is 12.4. The van der Waals surface area contributed by atoms with Crippen molar-refractivity contribution < 1.29 is 32.3 Å². The van der Waals surface area contributed by atoms with Gasteiger partial charge in [0.25, 0.3) is 10.0 Å². The van der Waals surface area contributed by atoms with Gasteiger partial charge in [-0.3, -0.25) is 4.84 Å². The third kappa shape index (κ3) is 5.43. The molecule has 0 saturated heterocycles. The predicted octanol–water partition coefficient (Wildman–Crippen LogP) is 2.11. The second kappa shape index (κ2) is 9.36. The number of hydrogen-bond acceptors (Lipinski definition) is 7. The molecule has 0 fully saturated rings. The smallest absolute Gasteiger partial charge is 0.338 e. The molecule has 0 aliphatic heterocycles. The fourth-order valence-corrected chi connectivity index (χ4v) is 3.03. The molecule has 2 rings (SSSR count). The second-order valence-electron chi connectivity index (χ2n) is 5.28. The van der Waals surface area contributed by atoms with Crippen LogP contribution >= 0.6 is 0 Å². The number of nitrogens with zero attached hydrogens (tertiary/aromatic N) is 1. The van der Waals surface area contributed by atoms with Gasteiger partial charge in [0.2, 0.25) is 0 Å². The van der Waals surface area contributed by atoms with Crippen molar-refractivity contribution in [2.75, 3.05) is 34.5 Å². The van der Waals surface area contributed by atoms with E-state index in [0.29, 0.717) is 5.75 Å². The minimum absolute atomic E-state index is 0.00578. The molecule has 0 unspecified atom stereocenters. The molecule has 0 aromatic heterocycles. The number of ether oxygens (including phenoxy) is 3. The summed E-state index contributed by atoms with van der Waals surface area (Å²) in [5, 5.41) is 0. The summed E-state index contributed by atoms with van der Waals surface area (Å²) >= 11 is 0. The molecule has 0 saturated carbocycles. The van der Waals surface area contributed by atoms with Crippen LogP contribution in [0.15, 0.2) is 53.4 Å². The molecule has 0 bridgehead atoms. The molecule has 146 valence electrons. The quantitative estimate of drug-likeness (QED) is 0.365. The Hall–Kier alpha value is -2.62. The highest BCUT2D eigenvalue weighted by Gasteiger charge is 2.21. The zero-order valence-corrected chi connectivity index (χ0v) is 16.1. The van der Waals surface area contributed by atoms with Gasteiger partial charge in [0.15, 0.2) is 0 Å². The van der Waals surface area contributed by atoms with Crippen molar-refractivity contribution in [1.29, 1.82) is 0 Å². The molecule has 0 amide bonds. The number of rotatable bonds is 9. The molecule has 0 aliphatic rings. The Balaban J connectivity index is 1.85. The number of esters is 1. The van der Waals surface area contributed by atoms with Gasteiger partial charge in [0.1, 0.15) is 24.7 Å². The van der Waals surface area contributed by atoms with E-state index in [4.69, 9.17) is 19.0 Å². The summed E-state index contributed by atoms with van der Waals surface area (Å²) in [4.78, 5) is 16.7. The Morgan fingerprint density at radius 2 is 1.52 bits per heavy atom. The third-order valence-corrected chi connectivity index (χ3v) is 5.32. The predicted molar refractivity (Wildman–Crippen MR) is 97.2 cm³/mol. The van der Waals surface area contributed by atoms with Crippen molar-refractivity contribution in [3.8, 4) is 11.5 Å².